The van der Waals surface area contributed by atoms with Gasteiger partial charge in [-0.15, -0.1) is 0 Å². The second-order valence-corrected chi connectivity index (χ2v) is 16.5. The number of para-hydroxylation sites is 2. The van der Waals surface area contributed by atoms with Crippen molar-refractivity contribution >= 4 is 87.4 Å². The lowest BCUT2D eigenvalue weighted by atomic mass is 9.92. The summed E-state index contributed by atoms with van der Waals surface area (Å²) in [5.41, 5.74) is 14.7. The van der Waals surface area contributed by atoms with E-state index >= 15 is 0 Å². The Hall–Kier alpha value is -8.54. The Labute approximate surface area is 360 Å². The summed E-state index contributed by atoms with van der Waals surface area (Å²) in [4.78, 5) is 10.6. The minimum atomic E-state index is 0.644. The number of aromatic nitrogens is 3. The largest absolute Gasteiger partial charge is 0.456 e. The third-order valence-corrected chi connectivity index (χ3v) is 13.0. The molecule has 0 aliphatic heterocycles. The molecule has 0 atom stereocenters. The van der Waals surface area contributed by atoms with Gasteiger partial charge in [0.2, 0.25) is 0 Å². The maximum atomic E-state index is 6.56. The highest BCUT2D eigenvalue weighted by molar-refractivity contribution is 6.33. The molecule has 14 aromatic rings. The van der Waals surface area contributed by atoms with E-state index in [4.69, 9.17) is 18.8 Å². The van der Waals surface area contributed by atoms with Gasteiger partial charge in [0, 0.05) is 43.7 Å². The minimum absolute atomic E-state index is 0.644. The molecule has 0 saturated heterocycles. The van der Waals surface area contributed by atoms with Crippen LogP contribution in [0.2, 0.25) is 0 Å². The molecule has 63 heavy (non-hydrogen) atoms. The first-order chi connectivity index (χ1) is 31.2. The van der Waals surface area contributed by atoms with Crippen molar-refractivity contribution in [2.24, 2.45) is 0 Å². The van der Waals surface area contributed by atoms with Gasteiger partial charge >= 0.3 is 0 Å². The Bertz CT molecular complexity index is 4140. The van der Waals surface area contributed by atoms with Gasteiger partial charge in [-0.2, -0.15) is 0 Å². The SMILES string of the molecule is c1ccc(-c2cccc(-c3nc(-c4ccc5c(c4)c4cc(-c6ccc7c(c6)c6cccc8oc9cccc7c9c86)ccc4n5-c4ccccc4)nc4c3oc3ccccc34)c2)cc1. The number of fused-ring (bicyclic) bond motifs is 9. The summed E-state index contributed by atoms with van der Waals surface area (Å²) in [6, 6.07) is 70.9. The fourth-order valence-electron chi connectivity index (χ4n) is 10.1. The number of rotatable bonds is 5. The molecule has 0 spiro atoms. The van der Waals surface area contributed by atoms with Crippen LogP contribution in [0.15, 0.2) is 209 Å². The van der Waals surface area contributed by atoms with Gasteiger partial charge in [0.25, 0.3) is 0 Å². The van der Waals surface area contributed by atoms with Crippen molar-refractivity contribution in [3.63, 3.8) is 0 Å². The van der Waals surface area contributed by atoms with Crippen molar-refractivity contribution in [2.45, 2.75) is 0 Å². The first kappa shape index (κ1) is 34.2. The van der Waals surface area contributed by atoms with Crippen LogP contribution in [0.25, 0.3) is 138 Å². The minimum Gasteiger partial charge on any atom is -0.456 e. The molecular weight excluding hydrogens is 771 g/mol. The lowest BCUT2D eigenvalue weighted by molar-refractivity contribution is 0.667. The second kappa shape index (κ2) is 13.0. The molecule has 5 heteroatoms. The maximum Gasteiger partial charge on any atom is 0.180 e. The topological polar surface area (TPSA) is 57.0 Å². The van der Waals surface area contributed by atoms with Crippen LogP contribution in [0.5, 0.6) is 0 Å². The van der Waals surface area contributed by atoms with Crippen LogP contribution < -0.4 is 0 Å². The Morgan fingerprint density at radius 3 is 1.67 bits per heavy atom. The van der Waals surface area contributed by atoms with E-state index in [0.717, 1.165) is 94.2 Å². The molecule has 0 unspecified atom stereocenters. The van der Waals surface area contributed by atoms with Crippen molar-refractivity contribution in [1.29, 1.82) is 0 Å². The maximum absolute atomic E-state index is 6.56. The highest BCUT2D eigenvalue weighted by Crippen LogP contribution is 2.45. The normalized spacial score (nSPS) is 12.1. The van der Waals surface area contributed by atoms with Crippen LogP contribution in [0.4, 0.5) is 0 Å². The molecule has 4 heterocycles. The summed E-state index contributed by atoms with van der Waals surface area (Å²) in [5.74, 6) is 0.644. The number of benzene rings is 10. The van der Waals surface area contributed by atoms with E-state index in [-0.39, 0.29) is 0 Å². The van der Waals surface area contributed by atoms with Gasteiger partial charge in [0.15, 0.2) is 11.4 Å². The standard InChI is InChI=1S/C58H33N3O2/c1-3-12-34(13-4-1)35-14-9-15-38(30-35)55-57-56(44-18-7-8-21-50(44)63-57)60-58(59-55)39-26-29-49-47(33-39)46-32-37(25-28-48(46)61(49)40-16-5-2-6-17-40)36-24-27-41-42-19-10-22-51-53(42)54-43(45(41)31-36)20-11-23-52(54)62-51/h1-33H. The number of nitrogens with zero attached hydrogens (tertiary/aromatic N) is 3. The number of furan rings is 2. The molecule has 10 aromatic carbocycles. The monoisotopic (exact) mass is 803 g/mol. The van der Waals surface area contributed by atoms with Crippen LogP contribution in [0.3, 0.4) is 0 Å². The quantitative estimate of drug-likeness (QED) is 0.163. The van der Waals surface area contributed by atoms with Gasteiger partial charge in [-0.25, -0.2) is 9.97 Å². The highest BCUT2D eigenvalue weighted by atomic mass is 16.3. The first-order valence-electron chi connectivity index (χ1n) is 21.3. The van der Waals surface area contributed by atoms with E-state index < -0.39 is 0 Å². The summed E-state index contributed by atoms with van der Waals surface area (Å²) in [6.45, 7) is 0. The Morgan fingerprint density at radius 2 is 0.889 bits per heavy atom. The molecule has 14 rings (SSSR count). The molecule has 0 saturated carbocycles. The van der Waals surface area contributed by atoms with Crippen LogP contribution >= 0.6 is 0 Å². The van der Waals surface area contributed by atoms with E-state index in [1.54, 1.807) is 0 Å². The van der Waals surface area contributed by atoms with Gasteiger partial charge in [-0.1, -0.05) is 121 Å². The van der Waals surface area contributed by atoms with E-state index in [1.165, 1.54) is 32.3 Å². The van der Waals surface area contributed by atoms with Gasteiger partial charge in [-0.05, 0) is 123 Å². The Morgan fingerprint density at radius 1 is 0.333 bits per heavy atom. The van der Waals surface area contributed by atoms with E-state index in [0.29, 0.717) is 11.4 Å². The smallest absolute Gasteiger partial charge is 0.180 e. The highest BCUT2D eigenvalue weighted by Gasteiger charge is 2.22. The molecule has 292 valence electrons. The van der Waals surface area contributed by atoms with Crippen LogP contribution in [-0.2, 0) is 0 Å². The van der Waals surface area contributed by atoms with Crippen LogP contribution in [0.1, 0.15) is 0 Å². The Kier molecular flexibility index (Phi) is 7.05. The first-order valence-corrected chi connectivity index (χ1v) is 21.3. The summed E-state index contributed by atoms with van der Waals surface area (Å²) in [7, 11) is 0. The lowest BCUT2D eigenvalue weighted by Gasteiger charge is -2.11. The summed E-state index contributed by atoms with van der Waals surface area (Å²) in [6.07, 6.45) is 0. The van der Waals surface area contributed by atoms with Crippen molar-refractivity contribution < 1.29 is 8.83 Å². The van der Waals surface area contributed by atoms with Crippen LogP contribution in [-0.4, -0.2) is 14.5 Å². The molecular formula is C58H33N3O2. The van der Waals surface area contributed by atoms with E-state index in [9.17, 15) is 0 Å². The molecule has 0 bridgehead atoms. The molecule has 0 aliphatic carbocycles. The van der Waals surface area contributed by atoms with E-state index in [1.807, 2.05) is 24.3 Å². The number of hydrogen-bond donors (Lipinski definition) is 0. The fourth-order valence-corrected chi connectivity index (χ4v) is 10.1. The van der Waals surface area contributed by atoms with Crippen LogP contribution in [0, 0.1) is 0 Å². The van der Waals surface area contributed by atoms with Crippen molar-refractivity contribution in [2.75, 3.05) is 0 Å². The zero-order chi connectivity index (χ0) is 41.2. The molecule has 0 aliphatic rings. The summed E-state index contributed by atoms with van der Waals surface area (Å²) < 4.78 is 15.3. The fraction of sp³-hybridized carbons (Fsp3) is 0. The average Bonchev–Trinajstić information content (AvgIpc) is 4.03. The van der Waals surface area contributed by atoms with Crippen molar-refractivity contribution in [1.82, 2.24) is 14.5 Å². The molecule has 0 radical (unpaired) electrons. The average molecular weight is 804 g/mol. The summed E-state index contributed by atoms with van der Waals surface area (Å²) >= 11 is 0. The lowest BCUT2D eigenvalue weighted by Crippen LogP contribution is -1.95. The van der Waals surface area contributed by atoms with Crippen molar-refractivity contribution in [3.05, 3.63) is 200 Å². The predicted molar refractivity (Wildman–Crippen MR) is 259 cm³/mol. The van der Waals surface area contributed by atoms with Crippen molar-refractivity contribution in [3.8, 4) is 50.6 Å². The zero-order valence-electron chi connectivity index (χ0n) is 33.7. The molecule has 4 aromatic heterocycles. The molecule has 0 amide bonds. The zero-order valence-corrected chi connectivity index (χ0v) is 33.7. The number of hydrogen-bond acceptors (Lipinski definition) is 4. The molecule has 5 nitrogen and oxygen atoms in total. The second-order valence-electron chi connectivity index (χ2n) is 16.5. The molecule has 0 N–H and O–H groups in total. The Balaban J connectivity index is 0.988. The van der Waals surface area contributed by atoms with Gasteiger partial charge in [-0.3, -0.25) is 0 Å². The molecule has 0 fully saturated rings. The van der Waals surface area contributed by atoms with Gasteiger partial charge in [0.05, 0.1) is 11.0 Å². The van der Waals surface area contributed by atoms with Gasteiger partial charge in [0.1, 0.15) is 28.0 Å². The van der Waals surface area contributed by atoms with Gasteiger partial charge < -0.3 is 13.4 Å². The predicted octanol–water partition coefficient (Wildman–Crippen LogP) is 15.8. The third-order valence-electron chi connectivity index (χ3n) is 13.0. The third kappa shape index (κ3) is 5.05. The summed E-state index contributed by atoms with van der Waals surface area (Å²) in [5, 5.41) is 10.5. The van der Waals surface area contributed by atoms with E-state index in [2.05, 4.69) is 180 Å².